The van der Waals surface area contributed by atoms with Crippen LogP contribution in [0.4, 0.5) is 16.2 Å². The molecule has 1 heterocycles. The molecule has 1 aliphatic rings. The van der Waals surface area contributed by atoms with Crippen LogP contribution in [0.5, 0.6) is 5.75 Å². The molecule has 0 aromatic heterocycles. The lowest BCUT2D eigenvalue weighted by molar-refractivity contribution is -0.118. The van der Waals surface area contributed by atoms with Crippen molar-refractivity contribution in [3.05, 3.63) is 90.5 Å². The fraction of sp³-hybridized carbons (Fsp3) is 0.259. The summed E-state index contributed by atoms with van der Waals surface area (Å²) >= 11 is 0. The van der Waals surface area contributed by atoms with Gasteiger partial charge in [0.25, 0.3) is 5.91 Å². The summed E-state index contributed by atoms with van der Waals surface area (Å²) in [7, 11) is 0. The van der Waals surface area contributed by atoms with E-state index in [1.54, 1.807) is 18.2 Å². The predicted octanol–water partition coefficient (Wildman–Crippen LogP) is 5.33. The van der Waals surface area contributed by atoms with Gasteiger partial charge in [-0.25, -0.2) is 4.79 Å². The number of para-hydroxylation sites is 1. The van der Waals surface area contributed by atoms with E-state index in [1.807, 2.05) is 59.5 Å². The largest absolute Gasteiger partial charge is 0.484 e. The van der Waals surface area contributed by atoms with E-state index in [2.05, 4.69) is 22.8 Å². The second-order valence-electron chi connectivity index (χ2n) is 8.19. The average molecular weight is 444 g/mol. The lowest BCUT2D eigenvalue weighted by Gasteiger charge is -2.36. The number of ether oxygens (including phenoxy) is 1. The van der Waals surface area contributed by atoms with Crippen molar-refractivity contribution in [2.75, 3.05) is 23.8 Å². The summed E-state index contributed by atoms with van der Waals surface area (Å²) in [6.45, 7) is 0.636. The van der Waals surface area contributed by atoms with Crippen LogP contribution in [0.25, 0.3) is 0 Å². The van der Waals surface area contributed by atoms with Crippen molar-refractivity contribution >= 4 is 23.3 Å². The van der Waals surface area contributed by atoms with Gasteiger partial charge in [-0.05, 0) is 55.5 Å². The first kappa shape index (κ1) is 22.4. The lowest BCUT2D eigenvalue weighted by Crippen LogP contribution is -2.46. The molecule has 170 valence electrons. The topological polar surface area (TPSA) is 70.7 Å². The Hall–Kier alpha value is -3.80. The summed E-state index contributed by atoms with van der Waals surface area (Å²) in [5, 5.41) is 5.79. The Morgan fingerprint density at radius 2 is 1.58 bits per heavy atom. The molecule has 1 unspecified atom stereocenters. The molecule has 3 aromatic carbocycles. The zero-order chi connectivity index (χ0) is 22.9. The number of carbonyl (C=O) groups excluding carboxylic acids is 2. The maximum atomic E-state index is 13.1. The molecule has 0 saturated carbocycles. The highest BCUT2D eigenvalue weighted by Gasteiger charge is 2.27. The number of rotatable bonds is 7. The zero-order valence-electron chi connectivity index (χ0n) is 18.6. The van der Waals surface area contributed by atoms with Crippen molar-refractivity contribution < 1.29 is 14.3 Å². The molecular formula is C27H29N3O3. The molecule has 2 N–H and O–H groups in total. The summed E-state index contributed by atoms with van der Waals surface area (Å²) in [5.41, 5.74) is 2.61. The molecule has 3 aromatic rings. The highest BCUT2D eigenvalue weighted by Crippen LogP contribution is 2.23. The second kappa shape index (κ2) is 11.2. The first-order valence-electron chi connectivity index (χ1n) is 11.4. The van der Waals surface area contributed by atoms with Gasteiger partial charge < -0.3 is 20.3 Å². The minimum atomic E-state index is -0.243. The van der Waals surface area contributed by atoms with Gasteiger partial charge in [0, 0.05) is 30.0 Å². The standard InChI is InChI=1S/C27H29N3O3/c31-26(28-22-12-5-2-6-13-22)20-33-25-16-9-14-23(19-25)29-27(32)30-17-8-7-15-24(30)18-21-10-3-1-4-11-21/h1-6,9-14,16,19,24H,7-8,15,17-18,20H2,(H,28,31)(H,29,32). The van der Waals surface area contributed by atoms with Crippen molar-refractivity contribution in [1.29, 1.82) is 0 Å². The molecule has 6 nitrogen and oxygen atoms in total. The fourth-order valence-corrected chi connectivity index (χ4v) is 4.09. The summed E-state index contributed by atoms with van der Waals surface area (Å²) in [6, 6.07) is 26.8. The third kappa shape index (κ3) is 6.59. The van der Waals surface area contributed by atoms with Crippen LogP contribution in [0.3, 0.4) is 0 Å². The molecule has 0 radical (unpaired) electrons. The Labute approximate surface area is 194 Å². The van der Waals surface area contributed by atoms with Crippen molar-refractivity contribution in [2.45, 2.75) is 31.7 Å². The van der Waals surface area contributed by atoms with Gasteiger partial charge >= 0.3 is 6.03 Å². The predicted molar refractivity (Wildman–Crippen MR) is 131 cm³/mol. The van der Waals surface area contributed by atoms with Gasteiger partial charge in [-0.15, -0.1) is 0 Å². The molecule has 1 atom stereocenters. The van der Waals surface area contributed by atoms with Crippen molar-refractivity contribution in [3.8, 4) is 5.75 Å². The number of nitrogens with one attached hydrogen (secondary N) is 2. The number of benzene rings is 3. The Morgan fingerprint density at radius 1 is 0.848 bits per heavy atom. The van der Waals surface area contributed by atoms with Crippen LogP contribution in [0.1, 0.15) is 24.8 Å². The molecule has 3 amide bonds. The van der Waals surface area contributed by atoms with Crippen LogP contribution in [-0.2, 0) is 11.2 Å². The van der Waals surface area contributed by atoms with Gasteiger partial charge in [-0.3, -0.25) is 4.79 Å². The maximum Gasteiger partial charge on any atom is 0.322 e. The van der Waals surface area contributed by atoms with Gasteiger partial charge in [0.15, 0.2) is 6.61 Å². The maximum absolute atomic E-state index is 13.1. The summed E-state index contributed by atoms with van der Waals surface area (Å²) < 4.78 is 5.63. The molecule has 1 fully saturated rings. The van der Waals surface area contributed by atoms with Gasteiger partial charge in [-0.1, -0.05) is 54.6 Å². The quantitative estimate of drug-likeness (QED) is 0.518. The number of anilines is 2. The average Bonchev–Trinajstić information content (AvgIpc) is 2.85. The molecule has 0 bridgehead atoms. The van der Waals surface area contributed by atoms with Crippen LogP contribution < -0.4 is 15.4 Å². The van der Waals surface area contributed by atoms with Crippen molar-refractivity contribution in [1.82, 2.24) is 4.90 Å². The minimum absolute atomic E-state index is 0.102. The molecule has 1 saturated heterocycles. The Kier molecular flexibility index (Phi) is 7.59. The lowest BCUT2D eigenvalue weighted by atomic mass is 9.96. The third-order valence-electron chi connectivity index (χ3n) is 5.71. The number of likely N-dealkylation sites (tertiary alicyclic amines) is 1. The molecule has 0 aliphatic carbocycles. The number of amides is 3. The second-order valence-corrected chi connectivity index (χ2v) is 8.19. The number of piperidine rings is 1. The van der Waals surface area contributed by atoms with E-state index in [4.69, 9.17) is 4.74 Å². The highest BCUT2D eigenvalue weighted by atomic mass is 16.5. The number of hydrogen-bond donors (Lipinski definition) is 2. The van der Waals surface area contributed by atoms with E-state index in [0.29, 0.717) is 11.4 Å². The number of nitrogens with zero attached hydrogens (tertiary/aromatic N) is 1. The number of hydrogen-bond acceptors (Lipinski definition) is 3. The summed E-state index contributed by atoms with van der Waals surface area (Å²) in [5.74, 6) is 0.281. The van der Waals surface area contributed by atoms with Gasteiger partial charge in [0.2, 0.25) is 0 Å². The van der Waals surface area contributed by atoms with E-state index in [9.17, 15) is 9.59 Å². The molecule has 33 heavy (non-hydrogen) atoms. The number of urea groups is 1. The Balaban J connectivity index is 1.33. The summed E-state index contributed by atoms with van der Waals surface area (Å²) in [6.07, 6.45) is 4.00. The molecular weight excluding hydrogens is 414 g/mol. The van der Waals surface area contributed by atoms with E-state index in [0.717, 1.165) is 37.9 Å². The third-order valence-corrected chi connectivity index (χ3v) is 5.71. The first-order chi connectivity index (χ1) is 16.2. The molecule has 0 spiro atoms. The van der Waals surface area contributed by atoms with Gasteiger partial charge in [0.05, 0.1) is 0 Å². The molecule has 4 rings (SSSR count). The van der Waals surface area contributed by atoms with E-state index in [-0.39, 0.29) is 24.6 Å². The van der Waals surface area contributed by atoms with Crippen LogP contribution in [0.15, 0.2) is 84.9 Å². The molecule has 6 heteroatoms. The number of carbonyl (C=O) groups is 2. The van der Waals surface area contributed by atoms with Crippen molar-refractivity contribution in [2.24, 2.45) is 0 Å². The molecule has 1 aliphatic heterocycles. The zero-order valence-corrected chi connectivity index (χ0v) is 18.6. The van der Waals surface area contributed by atoms with Crippen molar-refractivity contribution in [3.63, 3.8) is 0 Å². The van der Waals surface area contributed by atoms with E-state index < -0.39 is 0 Å². The van der Waals surface area contributed by atoms with E-state index in [1.165, 1.54) is 5.56 Å². The SMILES string of the molecule is O=C(COc1cccc(NC(=O)N2CCCCC2Cc2ccccc2)c1)Nc1ccccc1. The highest BCUT2D eigenvalue weighted by molar-refractivity contribution is 5.92. The monoisotopic (exact) mass is 443 g/mol. The van der Waals surface area contributed by atoms with Crippen LogP contribution in [-0.4, -0.2) is 36.0 Å². The summed E-state index contributed by atoms with van der Waals surface area (Å²) in [4.78, 5) is 27.1. The normalized spacial score (nSPS) is 15.5. The first-order valence-corrected chi connectivity index (χ1v) is 11.4. The van der Waals surface area contributed by atoms with Gasteiger partial charge in [0.1, 0.15) is 5.75 Å². The Bertz CT molecular complexity index is 1060. The Morgan fingerprint density at radius 3 is 2.36 bits per heavy atom. The van der Waals surface area contributed by atoms with E-state index >= 15 is 0 Å². The van der Waals surface area contributed by atoms with Gasteiger partial charge in [-0.2, -0.15) is 0 Å². The van der Waals surface area contributed by atoms with Crippen LogP contribution in [0, 0.1) is 0 Å². The minimum Gasteiger partial charge on any atom is -0.484 e. The van der Waals surface area contributed by atoms with Crippen LogP contribution >= 0.6 is 0 Å². The van der Waals surface area contributed by atoms with Crippen LogP contribution in [0.2, 0.25) is 0 Å². The smallest absolute Gasteiger partial charge is 0.322 e. The fourth-order valence-electron chi connectivity index (χ4n) is 4.09.